The molecule has 0 aromatic heterocycles. The van der Waals surface area contributed by atoms with E-state index in [1.54, 1.807) is 0 Å². The highest BCUT2D eigenvalue weighted by atomic mass is 14.5. The number of fused-ring (bicyclic) bond motifs is 11. The molecule has 4 bridgehead atoms. The molecule has 286 valence electrons. The Morgan fingerprint density at radius 2 is 1.02 bits per heavy atom. The van der Waals surface area contributed by atoms with E-state index in [0.717, 1.165) is 47.1 Å². The molecule has 8 aromatic carbocycles. The molecule has 0 fully saturated rings. The summed E-state index contributed by atoms with van der Waals surface area (Å²) in [5.41, 5.74) is 27.5. The maximum atomic E-state index is 4.60. The number of allylic oxidation sites excluding steroid dienone is 1. The van der Waals surface area contributed by atoms with E-state index in [1.807, 2.05) is 0 Å². The predicted octanol–water partition coefficient (Wildman–Crippen LogP) is 13.8. The van der Waals surface area contributed by atoms with Gasteiger partial charge in [-0.3, -0.25) is 0 Å². The Balaban J connectivity index is 1.16. The lowest BCUT2D eigenvalue weighted by Crippen LogP contribution is -2.10. The van der Waals surface area contributed by atoms with Gasteiger partial charge in [-0.05, 0) is 139 Å². The van der Waals surface area contributed by atoms with Crippen molar-refractivity contribution in [2.24, 2.45) is 0 Å². The van der Waals surface area contributed by atoms with Gasteiger partial charge in [-0.2, -0.15) is 0 Å². The molecule has 8 aromatic rings. The summed E-state index contributed by atoms with van der Waals surface area (Å²) in [6.45, 7) is 6.72. The van der Waals surface area contributed by atoms with Crippen LogP contribution in [0, 0.1) is 30.6 Å². The lowest BCUT2D eigenvalue weighted by Gasteiger charge is -2.26. The fourth-order valence-corrected chi connectivity index (χ4v) is 11.2. The third-order valence-electron chi connectivity index (χ3n) is 13.9. The molecule has 0 nitrogen and oxygen atoms in total. The second-order valence-corrected chi connectivity index (χ2v) is 17.2. The smallest absolute Gasteiger partial charge is 0.0281 e. The second-order valence-electron chi connectivity index (χ2n) is 17.2. The standard InChI is InChI=1S/C61H42/c1-38-27-30-40(31-28-38)32-34-42-16-4-6-18-44(42)36-54-48-22-10-13-25-51(48)57-60(54)56-50-24-12-9-21-47(50)53-35-43-17-5-3-15-41(43)33-29-39(2)46-20-8-7-19-45(46)37-55-49-23-11-14-26-52(49)58(59(53)56)61(55)57/h3-28,30-31,53-55H,2,35-37H2,1H3/t53-,54-,55-/m1/s1. The van der Waals surface area contributed by atoms with Crippen molar-refractivity contribution in [3.8, 4) is 57.1 Å². The van der Waals surface area contributed by atoms with Crippen LogP contribution in [0.25, 0.3) is 39.0 Å². The van der Waals surface area contributed by atoms with E-state index < -0.39 is 0 Å². The third kappa shape index (κ3) is 5.64. The number of benzene rings is 8. The highest BCUT2D eigenvalue weighted by Crippen LogP contribution is 2.65. The van der Waals surface area contributed by atoms with E-state index in [1.165, 1.54) is 89.0 Å². The minimum Gasteiger partial charge on any atom is -0.0826 e. The zero-order chi connectivity index (χ0) is 40.6. The van der Waals surface area contributed by atoms with Gasteiger partial charge in [-0.1, -0.05) is 181 Å². The summed E-state index contributed by atoms with van der Waals surface area (Å²) in [6.07, 6.45) is 2.59. The van der Waals surface area contributed by atoms with Gasteiger partial charge in [0.15, 0.2) is 0 Å². The van der Waals surface area contributed by atoms with Gasteiger partial charge in [0.05, 0.1) is 0 Å². The number of rotatable bonds is 2. The first-order valence-electron chi connectivity index (χ1n) is 21.7. The monoisotopic (exact) mass is 774 g/mol. The van der Waals surface area contributed by atoms with Crippen molar-refractivity contribution in [2.45, 2.75) is 43.9 Å². The van der Waals surface area contributed by atoms with E-state index >= 15 is 0 Å². The maximum Gasteiger partial charge on any atom is 0.0281 e. The molecule has 4 aliphatic rings. The molecule has 61 heavy (non-hydrogen) atoms. The minimum atomic E-state index is 0.146. The fraction of sp³-hybridized carbons (Fsp3) is 0.115. The van der Waals surface area contributed by atoms with Crippen molar-refractivity contribution < 1.29 is 0 Å². The van der Waals surface area contributed by atoms with Crippen LogP contribution < -0.4 is 0 Å². The SMILES string of the molecule is C=C1C#Cc2ccccc2C[C@@H]2c3ccccc3-c3c2c2c(c4c3[C@H](Cc3ccccc3C#Cc3ccc(C)cc3)c3ccccc3-4)[C@H](Cc3ccccc31)c1ccccc1-2. The molecule has 0 radical (unpaired) electrons. The van der Waals surface area contributed by atoms with Crippen LogP contribution in [-0.2, 0) is 19.3 Å². The van der Waals surface area contributed by atoms with Gasteiger partial charge in [-0.15, -0.1) is 0 Å². The molecule has 0 N–H and O–H groups in total. The Bertz CT molecular complexity index is 3270. The topological polar surface area (TPSA) is 0 Å². The van der Waals surface area contributed by atoms with Crippen LogP contribution in [0.1, 0.15) is 95.6 Å². The lowest BCUT2D eigenvalue weighted by atomic mass is 9.77. The van der Waals surface area contributed by atoms with Crippen molar-refractivity contribution >= 4 is 5.57 Å². The largest absolute Gasteiger partial charge is 0.0826 e. The Labute approximate surface area is 359 Å². The van der Waals surface area contributed by atoms with Gasteiger partial charge < -0.3 is 0 Å². The normalized spacial score (nSPS) is 16.9. The zero-order valence-corrected chi connectivity index (χ0v) is 34.2. The molecule has 0 saturated carbocycles. The molecule has 0 unspecified atom stereocenters. The van der Waals surface area contributed by atoms with E-state index in [0.29, 0.717) is 0 Å². The lowest BCUT2D eigenvalue weighted by molar-refractivity contribution is 0.800. The van der Waals surface area contributed by atoms with Gasteiger partial charge in [-0.25, -0.2) is 0 Å². The highest BCUT2D eigenvalue weighted by Gasteiger charge is 2.46. The molecule has 0 heterocycles. The molecule has 0 saturated heterocycles. The summed E-state index contributed by atoms with van der Waals surface area (Å²) in [5.74, 6) is 14.7. The van der Waals surface area contributed by atoms with Gasteiger partial charge >= 0.3 is 0 Å². The Morgan fingerprint density at radius 3 is 1.72 bits per heavy atom. The Kier molecular flexibility index (Phi) is 8.23. The summed E-state index contributed by atoms with van der Waals surface area (Å²) in [7, 11) is 0. The highest BCUT2D eigenvalue weighted by molar-refractivity contribution is 6.03. The van der Waals surface area contributed by atoms with E-state index in [-0.39, 0.29) is 17.8 Å². The van der Waals surface area contributed by atoms with Crippen LogP contribution in [-0.4, -0.2) is 0 Å². The van der Waals surface area contributed by atoms with Crippen LogP contribution in [0.2, 0.25) is 0 Å². The van der Waals surface area contributed by atoms with Crippen molar-refractivity contribution in [3.05, 3.63) is 254 Å². The molecule has 3 atom stereocenters. The van der Waals surface area contributed by atoms with E-state index in [4.69, 9.17) is 0 Å². The minimum absolute atomic E-state index is 0.146. The van der Waals surface area contributed by atoms with Crippen molar-refractivity contribution in [2.75, 3.05) is 0 Å². The average Bonchev–Trinajstić information content (AvgIpc) is 3.91. The number of hydrogen-bond acceptors (Lipinski definition) is 0. The summed E-state index contributed by atoms with van der Waals surface area (Å²) >= 11 is 0. The van der Waals surface area contributed by atoms with Gasteiger partial charge in [0.2, 0.25) is 0 Å². The van der Waals surface area contributed by atoms with E-state index in [2.05, 4.69) is 207 Å². The van der Waals surface area contributed by atoms with Gasteiger partial charge in [0.25, 0.3) is 0 Å². The second kappa shape index (κ2) is 14.1. The van der Waals surface area contributed by atoms with Crippen LogP contribution >= 0.6 is 0 Å². The summed E-state index contributed by atoms with van der Waals surface area (Å²) in [4.78, 5) is 0. The first kappa shape index (κ1) is 35.6. The van der Waals surface area contributed by atoms with Crippen LogP contribution in [0.15, 0.2) is 176 Å². The molecule has 0 heteroatoms. The first-order chi connectivity index (χ1) is 30.1. The zero-order valence-electron chi connectivity index (χ0n) is 34.2. The fourth-order valence-electron chi connectivity index (χ4n) is 11.2. The van der Waals surface area contributed by atoms with Crippen LogP contribution in [0.4, 0.5) is 0 Å². The molecule has 0 spiro atoms. The molecule has 0 aliphatic heterocycles. The average molecular weight is 775 g/mol. The Hall–Kier alpha value is -7.38. The quantitative estimate of drug-likeness (QED) is 0.153. The first-order valence-corrected chi connectivity index (χ1v) is 21.7. The van der Waals surface area contributed by atoms with Crippen molar-refractivity contribution in [1.29, 1.82) is 0 Å². The number of hydrogen-bond donors (Lipinski definition) is 0. The van der Waals surface area contributed by atoms with E-state index in [9.17, 15) is 0 Å². The molecular weight excluding hydrogens is 733 g/mol. The molecule has 4 aliphatic carbocycles. The molecule has 0 amide bonds. The number of aryl methyl sites for hydroxylation is 1. The summed E-state index contributed by atoms with van der Waals surface area (Å²) in [5, 5.41) is 0. The third-order valence-corrected chi connectivity index (χ3v) is 13.9. The van der Waals surface area contributed by atoms with Gasteiger partial charge in [0, 0.05) is 40.0 Å². The van der Waals surface area contributed by atoms with Crippen molar-refractivity contribution in [1.82, 2.24) is 0 Å². The maximum absolute atomic E-state index is 4.60. The van der Waals surface area contributed by atoms with Crippen LogP contribution in [0.5, 0.6) is 0 Å². The predicted molar refractivity (Wildman–Crippen MR) is 252 cm³/mol. The van der Waals surface area contributed by atoms with Gasteiger partial charge in [0.1, 0.15) is 0 Å². The Morgan fingerprint density at radius 1 is 0.492 bits per heavy atom. The van der Waals surface area contributed by atoms with Crippen LogP contribution in [0.3, 0.4) is 0 Å². The molecule has 12 rings (SSSR count). The molecular formula is C61H42. The summed E-state index contributed by atoms with van der Waals surface area (Å²) < 4.78 is 0. The van der Waals surface area contributed by atoms with Crippen molar-refractivity contribution in [3.63, 3.8) is 0 Å². The summed E-state index contributed by atoms with van der Waals surface area (Å²) in [6, 6.07) is 62.9.